The number of aromatic nitrogens is 2. The van der Waals surface area contributed by atoms with Gasteiger partial charge in [-0.1, -0.05) is 6.42 Å². The number of likely N-dealkylation sites (tertiary alicyclic amines) is 1. The number of rotatable bonds is 4. The van der Waals surface area contributed by atoms with E-state index >= 15 is 0 Å². The molecule has 0 unspecified atom stereocenters. The van der Waals surface area contributed by atoms with E-state index in [1.54, 1.807) is 4.90 Å². The number of aliphatic carboxylic acids is 1. The number of aryl methyl sites for hydroxylation is 3. The number of carbonyl (C=O) groups is 2. The lowest BCUT2D eigenvalue weighted by atomic mass is 9.81. The molecule has 1 saturated heterocycles. The highest BCUT2D eigenvalue weighted by molar-refractivity contribution is 7.18. The molecule has 3 heterocycles. The Morgan fingerprint density at radius 3 is 2.89 bits per heavy atom. The number of nitrogens with zero attached hydrogens (tertiary/aromatic N) is 2. The maximum absolute atomic E-state index is 12.6. The Labute approximate surface area is 160 Å². The fourth-order valence-corrected chi connectivity index (χ4v) is 5.68. The predicted molar refractivity (Wildman–Crippen MR) is 102 cm³/mol. The van der Waals surface area contributed by atoms with Gasteiger partial charge < -0.3 is 15.0 Å². The lowest BCUT2D eigenvalue weighted by Crippen LogP contribution is -2.37. The van der Waals surface area contributed by atoms with E-state index in [-0.39, 0.29) is 23.8 Å². The number of fused-ring (bicyclic) bond motifs is 2. The van der Waals surface area contributed by atoms with Gasteiger partial charge in [0.05, 0.1) is 10.8 Å². The summed E-state index contributed by atoms with van der Waals surface area (Å²) in [6, 6.07) is 0. The van der Waals surface area contributed by atoms with Crippen LogP contribution in [-0.2, 0) is 16.0 Å². The number of carbonyl (C=O) groups excluding carboxylic acids is 1. The zero-order valence-corrected chi connectivity index (χ0v) is 16.3. The molecule has 2 fully saturated rings. The first-order valence-electron chi connectivity index (χ1n) is 9.32. The quantitative estimate of drug-likeness (QED) is 0.835. The summed E-state index contributed by atoms with van der Waals surface area (Å²) in [5.74, 6) is -0.272. The highest BCUT2D eigenvalue weighted by Gasteiger charge is 2.55. The topological polar surface area (TPSA) is 103 Å². The minimum Gasteiger partial charge on any atom is -0.481 e. The fraction of sp³-hybridized carbons (Fsp3) is 0.579. The van der Waals surface area contributed by atoms with E-state index in [1.165, 1.54) is 11.3 Å². The van der Waals surface area contributed by atoms with Crippen molar-refractivity contribution in [2.24, 2.45) is 11.3 Å². The van der Waals surface area contributed by atoms with Crippen LogP contribution in [0.3, 0.4) is 0 Å². The molecule has 1 saturated carbocycles. The molecule has 1 aliphatic heterocycles. The Bertz CT molecular complexity index is 995. The van der Waals surface area contributed by atoms with Gasteiger partial charge >= 0.3 is 5.97 Å². The van der Waals surface area contributed by atoms with E-state index in [2.05, 4.69) is 9.97 Å². The summed E-state index contributed by atoms with van der Waals surface area (Å²) in [5, 5.41) is 10.3. The zero-order chi connectivity index (χ0) is 19.3. The molecule has 2 aliphatic rings. The largest absolute Gasteiger partial charge is 0.481 e. The molecule has 0 spiro atoms. The van der Waals surface area contributed by atoms with Gasteiger partial charge in [-0.3, -0.25) is 14.4 Å². The number of H-pyrrole nitrogens is 1. The van der Waals surface area contributed by atoms with Crippen LogP contribution in [0.1, 0.15) is 41.9 Å². The Morgan fingerprint density at radius 2 is 2.19 bits per heavy atom. The molecule has 144 valence electrons. The monoisotopic (exact) mass is 389 g/mol. The molecule has 2 aromatic rings. The normalized spacial score (nSPS) is 24.5. The Morgan fingerprint density at radius 1 is 1.41 bits per heavy atom. The van der Waals surface area contributed by atoms with Gasteiger partial charge in [0.15, 0.2) is 0 Å². The summed E-state index contributed by atoms with van der Waals surface area (Å²) in [6.07, 6.45) is 3.02. The van der Waals surface area contributed by atoms with Crippen molar-refractivity contribution in [3.63, 3.8) is 0 Å². The number of hydrogen-bond donors (Lipinski definition) is 2. The number of carboxylic acid groups (broad SMARTS) is 1. The van der Waals surface area contributed by atoms with Crippen LogP contribution in [0.25, 0.3) is 10.2 Å². The van der Waals surface area contributed by atoms with Crippen molar-refractivity contribution in [2.75, 3.05) is 13.1 Å². The molecule has 7 nitrogen and oxygen atoms in total. The minimum atomic E-state index is -0.778. The van der Waals surface area contributed by atoms with Gasteiger partial charge in [-0.2, -0.15) is 0 Å². The average Bonchev–Trinajstić information content (AvgIpc) is 3.24. The van der Waals surface area contributed by atoms with Crippen LogP contribution in [0.5, 0.6) is 0 Å². The first-order chi connectivity index (χ1) is 12.8. The third-order valence-corrected chi connectivity index (χ3v) is 7.41. The summed E-state index contributed by atoms with van der Waals surface area (Å²) in [7, 11) is 0. The molecule has 4 rings (SSSR count). The third kappa shape index (κ3) is 2.86. The minimum absolute atomic E-state index is 0.0605. The van der Waals surface area contributed by atoms with Gasteiger partial charge in [0.1, 0.15) is 10.7 Å². The Balaban J connectivity index is 1.47. The molecule has 2 N–H and O–H groups in total. The Kier molecular flexibility index (Phi) is 4.33. The summed E-state index contributed by atoms with van der Waals surface area (Å²) in [4.78, 5) is 47.5. The van der Waals surface area contributed by atoms with E-state index in [9.17, 15) is 19.5 Å². The second kappa shape index (κ2) is 6.44. The van der Waals surface area contributed by atoms with Crippen molar-refractivity contribution >= 4 is 33.4 Å². The van der Waals surface area contributed by atoms with Gasteiger partial charge in [-0.15, -0.1) is 11.3 Å². The van der Waals surface area contributed by atoms with Crippen LogP contribution in [0.4, 0.5) is 0 Å². The van der Waals surface area contributed by atoms with Crippen molar-refractivity contribution in [3.8, 4) is 0 Å². The average molecular weight is 389 g/mol. The summed E-state index contributed by atoms with van der Waals surface area (Å²) >= 11 is 1.49. The van der Waals surface area contributed by atoms with Gasteiger partial charge in [0.25, 0.3) is 5.56 Å². The van der Waals surface area contributed by atoms with E-state index < -0.39 is 11.4 Å². The maximum Gasteiger partial charge on any atom is 0.311 e. The smallest absolute Gasteiger partial charge is 0.311 e. The third-order valence-electron chi connectivity index (χ3n) is 6.31. The molecule has 0 bridgehead atoms. The van der Waals surface area contributed by atoms with Crippen LogP contribution < -0.4 is 5.56 Å². The summed E-state index contributed by atoms with van der Waals surface area (Å²) < 4.78 is 0. The first-order valence-corrected chi connectivity index (χ1v) is 10.1. The van der Waals surface area contributed by atoms with Crippen molar-refractivity contribution < 1.29 is 14.7 Å². The number of carboxylic acids is 1. The molecule has 2 atom stereocenters. The van der Waals surface area contributed by atoms with Gasteiger partial charge in [-0.25, -0.2) is 4.98 Å². The molecular weight excluding hydrogens is 366 g/mol. The molecule has 1 aliphatic carbocycles. The van der Waals surface area contributed by atoms with E-state index in [4.69, 9.17) is 0 Å². The van der Waals surface area contributed by atoms with Crippen LogP contribution in [0, 0.1) is 25.2 Å². The van der Waals surface area contributed by atoms with Crippen molar-refractivity contribution in [1.29, 1.82) is 0 Å². The lowest BCUT2D eigenvalue weighted by molar-refractivity contribution is -0.149. The van der Waals surface area contributed by atoms with E-state index in [0.29, 0.717) is 42.0 Å². The molecule has 8 heteroatoms. The molecule has 0 radical (unpaired) electrons. The summed E-state index contributed by atoms with van der Waals surface area (Å²) in [6.45, 7) is 4.71. The fourth-order valence-electron chi connectivity index (χ4n) is 4.63. The number of nitrogens with one attached hydrogen (secondary N) is 1. The van der Waals surface area contributed by atoms with Crippen molar-refractivity contribution in [1.82, 2.24) is 14.9 Å². The molecule has 1 amide bonds. The van der Waals surface area contributed by atoms with Gasteiger partial charge in [0.2, 0.25) is 5.91 Å². The van der Waals surface area contributed by atoms with Crippen LogP contribution >= 0.6 is 11.3 Å². The number of thiophene rings is 1. The second-order valence-corrected chi connectivity index (χ2v) is 9.00. The van der Waals surface area contributed by atoms with E-state index in [1.807, 2.05) is 13.8 Å². The maximum atomic E-state index is 12.6. The lowest BCUT2D eigenvalue weighted by Gasteiger charge is -2.23. The Hall–Kier alpha value is -2.22. The van der Waals surface area contributed by atoms with Crippen molar-refractivity contribution in [2.45, 2.75) is 46.0 Å². The number of aromatic amines is 1. The zero-order valence-electron chi connectivity index (χ0n) is 15.5. The van der Waals surface area contributed by atoms with Gasteiger partial charge in [-0.05, 0) is 38.2 Å². The first kappa shape index (κ1) is 18.2. The molecular formula is C19H23N3O4S. The van der Waals surface area contributed by atoms with Crippen LogP contribution in [0.2, 0.25) is 0 Å². The standard InChI is InChI=1S/C19H23N3O4S/c1-10-11(2)27-17-15(10)16(24)20-13(21-17)5-6-14(23)22-8-12-4-3-7-19(12,9-22)18(25)26/h12H,3-9H2,1-2H3,(H,25,26)(H,20,21,24)/t12-,19+/m0/s1. The molecule has 0 aromatic carbocycles. The molecule has 27 heavy (non-hydrogen) atoms. The SMILES string of the molecule is Cc1sc2nc(CCC(=O)N3C[C@@H]4CCC[C@@]4(C(=O)O)C3)[nH]c(=O)c2c1C. The van der Waals surface area contributed by atoms with Crippen LogP contribution in [0.15, 0.2) is 4.79 Å². The van der Waals surface area contributed by atoms with Gasteiger partial charge in [0, 0.05) is 30.8 Å². The summed E-state index contributed by atoms with van der Waals surface area (Å²) in [5.41, 5.74) is 0.0338. The molecule has 2 aromatic heterocycles. The predicted octanol–water partition coefficient (Wildman–Crippen LogP) is 2.25. The van der Waals surface area contributed by atoms with Crippen molar-refractivity contribution in [3.05, 3.63) is 26.6 Å². The highest BCUT2D eigenvalue weighted by atomic mass is 32.1. The number of amides is 1. The second-order valence-electron chi connectivity index (χ2n) is 7.80. The highest BCUT2D eigenvalue weighted by Crippen LogP contribution is 2.49. The van der Waals surface area contributed by atoms with Crippen LogP contribution in [-0.4, -0.2) is 44.9 Å². The van der Waals surface area contributed by atoms with E-state index in [0.717, 1.165) is 23.3 Å². The number of hydrogen-bond acceptors (Lipinski definition) is 5.